The van der Waals surface area contributed by atoms with E-state index in [1.165, 1.54) is 33.0 Å². The second-order valence-corrected chi connectivity index (χ2v) is 29.1. The summed E-state index contributed by atoms with van der Waals surface area (Å²) >= 11 is 0. The molecule has 0 atom stereocenters. The van der Waals surface area contributed by atoms with Crippen molar-refractivity contribution >= 4 is 43.9 Å². The maximum absolute atomic E-state index is 4.82. The van der Waals surface area contributed by atoms with E-state index in [9.17, 15) is 0 Å². The molecule has 12 aromatic carbocycles. The van der Waals surface area contributed by atoms with Crippen LogP contribution < -0.4 is 0 Å². The first-order chi connectivity index (χ1) is 59.5. The van der Waals surface area contributed by atoms with Gasteiger partial charge in [0.15, 0.2) is 46.6 Å². The van der Waals surface area contributed by atoms with Crippen LogP contribution in [0.4, 0.5) is 0 Å². The summed E-state index contributed by atoms with van der Waals surface area (Å²) < 4.78 is 4.28. The summed E-state index contributed by atoms with van der Waals surface area (Å²) in [5, 5.41) is 3.56. The van der Waals surface area contributed by atoms with Crippen molar-refractivity contribution in [3.8, 4) is 125 Å². The number of fused-ring (bicyclic) bond motifs is 6. The second-order valence-electron chi connectivity index (χ2n) is 29.1. The summed E-state index contributed by atoms with van der Waals surface area (Å²) in [4.78, 5) is 60.4. The van der Waals surface area contributed by atoms with Gasteiger partial charge in [0.25, 0.3) is 0 Å². The Bertz CT molecular complexity index is 6760. The zero-order chi connectivity index (χ0) is 82.2. The van der Waals surface area contributed by atoms with E-state index >= 15 is 0 Å². The molecule has 0 amide bonds. The Hall–Kier alpha value is -16.1. The first-order valence-electron chi connectivity index (χ1n) is 40.0. The van der Waals surface area contributed by atoms with Crippen LogP contribution in [0.2, 0.25) is 0 Å². The fourth-order valence-electron chi connectivity index (χ4n) is 14.4. The van der Waals surface area contributed by atoms with E-state index in [-0.39, 0.29) is 0 Å². The first-order valence-corrected chi connectivity index (χ1v) is 40.0. The van der Waals surface area contributed by atoms with Crippen molar-refractivity contribution in [2.75, 3.05) is 0 Å². The minimum absolute atomic E-state index is 0.682. The molecule has 580 valence electrons. The SMILES string of the molecule is Cc1ccc(-c2nc(-c3ccccc3)nc(-c3ccccc3)n2)cc1.Cc1ccc2c(c1)c1cccnc1n2-c1ccccn1.Cc1ccc2c(c1)c1ncccc1n2-c1ccccn1.Cc1cccc(-c2nc(-c3ccccc3)nc(-c3ccccc3)n2)c1.Cc1nc(-c2ccccc2)nc(-c2cc(-c3ccccc3)cc(-c3ccccc3)c2)n1. The Morgan fingerprint density at radius 1 is 0.182 bits per heavy atom. The normalized spacial score (nSPS) is 10.9. The van der Waals surface area contributed by atoms with Gasteiger partial charge in [0, 0.05) is 85.5 Å². The van der Waals surface area contributed by atoms with Crippen LogP contribution in [0.15, 0.2) is 401 Å². The molecule has 0 fully saturated rings. The lowest BCUT2D eigenvalue weighted by molar-refractivity contribution is 0.992. The van der Waals surface area contributed by atoms with E-state index in [2.05, 4.69) is 206 Å². The van der Waals surface area contributed by atoms with E-state index in [1.807, 2.05) is 268 Å². The minimum atomic E-state index is 0.682. The zero-order valence-electron chi connectivity index (χ0n) is 67.3. The first kappa shape index (κ1) is 77.4. The molecule has 0 saturated heterocycles. The summed E-state index contributed by atoms with van der Waals surface area (Å²) in [7, 11) is 0. The van der Waals surface area contributed by atoms with E-state index in [0.29, 0.717) is 52.4 Å². The van der Waals surface area contributed by atoms with Gasteiger partial charge in [-0.2, -0.15) is 0 Å². The molecule has 21 aromatic rings. The zero-order valence-corrected chi connectivity index (χ0v) is 67.3. The number of nitrogens with zero attached hydrogens (tertiary/aromatic N) is 15. The van der Waals surface area contributed by atoms with Gasteiger partial charge in [-0.15, -0.1) is 0 Å². The Kier molecular flexibility index (Phi) is 23.3. The monoisotopic (exact) mass is 1560 g/mol. The molecule has 0 aliphatic rings. The van der Waals surface area contributed by atoms with Crippen LogP contribution in [0.5, 0.6) is 0 Å². The van der Waals surface area contributed by atoms with Crippen molar-refractivity contribution in [2.24, 2.45) is 0 Å². The molecule has 15 heteroatoms. The third-order valence-corrected chi connectivity index (χ3v) is 20.3. The molecule has 9 aromatic heterocycles. The fraction of sp³-hybridized carbons (Fsp3) is 0.0472. The highest BCUT2D eigenvalue weighted by molar-refractivity contribution is 6.08. The van der Waals surface area contributed by atoms with Crippen LogP contribution in [-0.2, 0) is 0 Å². The van der Waals surface area contributed by atoms with Crippen LogP contribution in [0.25, 0.3) is 169 Å². The number of benzene rings is 12. The lowest BCUT2D eigenvalue weighted by Gasteiger charge is -2.11. The highest BCUT2D eigenvalue weighted by Crippen LogP contribution is 2.36. The van der Waals surface area contributed by atoms with Crippen molar-refractivity contribution in [1.82, 2.24) is 73.9 Å². The van der Waals surface area contributed by atoms with E-state index < -0.39 is 0 Å². The van der Waals surface area contributed by atoms with E-state index in [1.54, 1.807) is 0 Å². The molecule has 0 aliphatic carbocycles. The molecule has 0 unspecified atom stereocenters. The quantitative estimate of drug-likeness (QED) is 0.113. The Morgan fingerprint density at radius 3 is 0.967 bits per heavy atom. The molecule has 15 nitrogen and oxygen atoms in total. The summed E-state index contributed by atoms with van der Waals surface area (Å²) in [6.45, 7) is 10.3. The van der Waals surface area contributed by atoms with Gasteiger partial charge in [0.05, 0.1) is 22.1 Å². The topological polar surface area (TPSA) is 177 Å². The number of hydrogen-bond donors (Lipinski definition) is 0. The number of aromatic nitrogens is 15. The maximum Gasteiger partial charge on any atom is 0.164 e. The summed E-state index contributed by atoms with van der Waals surface area (Å²) in [6, 6.07) is 127. The van der Waals surface area contributed by atoms with Gasteiger partial charge in [0.1, 0.15) is 23.1 Å². The molecular formula is C106H81N15. The molecule has 0 spiro atoms. The van der Waals surface area contributed by atoms with Gasteiger partial charge in [0.2, 0.25) is 0 Å². The van der Waals surface area contributed by atoms with Crippen molar-refractivity contribution in [2.45, 2.75) is 34.6 Å². The highest BCUT2D eigenvalue weighted by Gasteiger charge is 2.19. The van der Waals surface area contributed by atoms with Crippen LogP contribution in [0.3, 0.4) is 0 Å². The molecule has 0 aliphatic heterocycles. The van der Waals surface area contributed by atoms with Crippen LogP contribution >= 0.6 is 0 Å². The van der Waals surface area contributed by atoms with Gasteiger partial charge in [-0.1, -0.05) is 301 Å². The van der Waals surface area contributed by atoms with E-state index in [0.717, 1.165) is 111 Å². The van der Waals surface area contributed by atoms with Gasteiger partial charge < -0.3 is 0 Å². The smallest absolute Gasteiger partial charge is 0.164 e. The molecular weight excluding hydrogens is 1480 g/mol. The molecule has 121 heavy (non-hydrogen) atoms. The summed E-state index contributed by atoms with van der Waals surface area (Å²) in [5.41, 5.74) is 22.7. The lowest BCUT2D eigenvalue weighted by atomic mass is 9.96. The average Bonchev–Trinajstić information content (AvgIpc) is 1.60. The predicted octanol–water partition coefficient (Wildman–Crippen LogP) is 25.0. The fourth-order valence-corrected chi connectivity index (χ4v) is 14.4. The molecule has 21 rings (SSSR count). The van der Waals surface area contributed by atoms with Crippen molar-refractivity contribution in [1.29, 1.82) is 0 Å². The number of rotatable bonds is 12. The number of hydrogen-bond acceptors (Lipinski definition) is 13. The minimum Gasteiger partial charge on any atom is -0.292 e. The Labute approximate surface area is 702 Å². The molecule has 0 N–H and O–H groups in total. The van der Waals surface area contributed by atoms with Gasteiger partial charge in [-0.3, -0.25) is 14.1 Å². The van der Waals surface area contributed by atoms with Crippen molar-refractivity contribution < 1.29 is 0 Å². The number of aryl methyl sites for hydroxylation is 5. The maximum atomic E-state index is 4.82. The van der Waals surface area contributed by atoms with Crippen LogP contribution in [0.1, 0.15) is 28.1 Å². The third kappa shape index (κ3) is 18.1. The predicted molar refractivity (Wildman–Crippen MR) is 490 cm³/mol. The van der Waals surface area contributed by atoms with Gasteiger partial charge >= 0.3 is 0 Å². The van der Waals surface area contributed by atoms with Crippen LogP contribution in [0, 0.1) is 34.6 Å². The second kappa shape index (κ2) is 36.4. The summed E-state index contributed by atoms with van der Waals surface area (Å²) in [5.74, 6) is 8.02. The van der Waals surface area contributed by atoms with Crippen LogP contribution in [-0.4, -0.2) is 73.9 Å². The standard InChI is InChI=1S/C28H21N3.2C22H17N3.2C17H13N3/c1-20-29-27(23-15-9-4-10-16-23)31-28(30-20)26-18-24(21-11-5-2-6-12-21)17-25(19-26)22-13-7-3-8-14-22;1-16-9-8-14-19(15-16)22-24-20(17-10-4-2-5-11-17)23-21(25-22)18-12-6-3-7-13-18;1-16-12-14-19(15-13-16)22-24-20(17-8-4-2-5-9-17)23-21(25-22)18-10-6-3-7-11-18;1-12-7-8-14-13(11-12)17-15(5-4-10-19-17)20(14)16-6-2-3-9-18-16;1-12-7-8-15-14(11-12)13-5-4-10-19-17(13)20(15)16-6-2-3-9-18-16/h2-19H,1H3;2*2-15H,1H3;2*2-11H,1H3. The average molecular weight is 1560 g/mol. The molecule has 0 radical (unpaired) electrons. The molecule has 0 saturated carbocycles. The molecule has 0 bridgehead atoms. The molecule has 9 heterocycles. The highest BCUT2D eigenvalue weighted by atomic mass is 15.1. The van der Waals surface area contributed by atoms with Gasteiger partial charge in [-0.05, 0) is 154 Å². The largest absolute Gasteiger partial charge is 0.292 e. The van der Waals surface area contributed by atoms with Gasteiger partial charge in [-0.25, -0.2) is 59.8 Å². The third-order valence-electron chi connectivity index (χ3n) is 20.3. The van der Waals surface area contributed by atoms with E-state index in [4.69, 9.17) is 34.9 Å². The Morgan fingerprint density at radius 2 is 0.521 bits per heavy atom. The van der Waals surface area contributed by atoms with Crippen molar-refractivity contribution in [3.63, 3.8) is 0 Å². The number of pyridine rings is 4. The Balaban J connectivity index is 0.000000109. The summed E-state index contributed by atoms with van der Waals surface area (Å²) in [6.07, 6.45) is 7.29. The lowest BCUT2D eigenvalue weighted by Crippen LogP contribution is -2.00. The van der Waals surface area contributed by atoms with Crippen molar-refractivity contribution in [3.05, 3.63) is 429 Å².